The second kappa shape index (κ2) is 6.47. The molecule has 9 heteroatoms. The number of hydrogen-bond acceptors (Lipinski definition) is 5. The average molecular weight is 395 g/mol. The lowest BCUT2D eigenvalue weighted by Gasteiger charge is -2.12. The predicted molar refractivity (Wildman–Crippen MR) is 108 cm³/mol. The van der Waals surface area contributed by atoms with Crippen molar-refractivity contribution in [3.05, 3.63) is 57.0 Å². The molecule has 0 aliphatic rings. The lowest BCUT2D eigenvalue weighted by Crippen LogP contribution is -2.42. The monoisotopic (exact) mass is 395 g/mol. The van der Waals surface area contributed by atoms with Crippen LogP contribution in [-0.4, -0.2) is 36.0 Å². The van der Waals surface area contributed by atoms with Crippen molar-refractivity contribution >= 4 is 22.7 Å². The summed E-state index contributed by atoms with van der Waals surface area (Å²) in [7, 11) is 3.13. The molecule has 0 aliphatic heterocycles. The Morgan fingerprint density at radius 2 is 1.90 bits per heavy atom. The summed E-state index contributed by atoms with van der Waals surface area (Å²) in [4.78, 5) is 42.4. The molecule has 9 nitrogen and oxygen atoms in total. The summed E-state index contributed by atoms with van der Waals surface area (Å²) in [6.45, 7) is 4.79. The third-order valence-electron chi connectivity index (χ3n) is 5.28. The number of para-hydroxylation sites is 2. The molecule has 3 heterocycles. The fraction of sp³-hybridized carbons (Fsp3) is 0.300. The Balaban J connectivity index is 2.16. The molecular weight excluding hydrogens is 374 g/mol. The van der Waals surface area contributed by atoms with Gasteiger partial charge in [-0.1, -0.05) is 12.1 Å². The Morgan fingerprint density at radius 3 is 2.55 bits per heavy atom. The van der Waals surface area contributed by atoms with Crippen LogP contribution in [0.5, 0.6) is 5.75 Å². The number of ether oxygens (including phenoxy) is 1. The molecule has 1 aromatic carbocycles. The molecule has 1 atom stereocenters. The van der Waals surface area contributed by atoms with Crippen LogP contribution in [0.15, 0.2) is 40.1 Å². The first kappa shape index (κ1) is 18.7. The molecule has 0 bridgehead atoms. The molecule has 0 radical (unpaired) electrons. The number of fused-ring (bicyclic) bond motifs is 3. The number of carbonyl (C=O) groups is 1. The number of imidazole rings is 2. The molecule has 4 aromatic rings. The van der Waals surface area contributed by atoms with E-state index in [9.17, 15) is 14.4 Å². The zero-order chi connectivity index (χ0) is 21.0. The van der Waals surface area contributed by atoms with E-state index in [4.69, 9.17) is 4.74 Å². The lowest BCUT2D eigenvalue weighted by molar-refractivity contribution is -0.119. The highest BCUT2D eigenvalue weighted by Gasteiger charge is 2.24. The van der Waals surface area contributed by atoms with Gasteiger partial charge in [-0.3, -0.25) is 23.1 Å². The van der Waals surface area contributed by atoms with E-state index in [-0.39, 0.29) is 16.9 Å². The zero-order valence-corrected chi connectivity index (χ0v) is 16.8. The Bertz CT molecular complexity index is 1400. The fourth-order valence-corrected chi connectivity index (χ4v) is 3.61. The summed E-state index contributed by atoms with van der Waals surface area (Å²) in [6, 6.07) is 6.61. The van der Waals surface area contributed by atoms with Crippen LogP contribution in [-0.2, 0) is 11.8 Å². The summed E-state index contributed by atoms with van der Waals surface area (Å²) < 4.78 is 11.3. The van der Waals surface area contributed by atoms with Crippen LogP contribution in [0.25, 0.3) is 22.6 Å². The molecule has 0 fully saturated rings. The summed E-state index contributed by atoms with van der Waals surface area (Å²) in [5.41, 5.74) is 0.971. The SMILES string of the molecule is COc1ccccc1-n1c(C)cn2c3c(=O)n(C(C)C(C)=O)c(=O)n(C)c3nc12. The lowest BCUT2D eigenvalue weighted by atomic mass is 10.2. The molecule has 3 aromatic heterocycles. The number of benzene rings is 1. The minimum absolute atomic E-state index is 0.243. The summed E-state index contributed by atoms with van der Waals surface area (Å²) >= 11 is 0. The molecule has 0 saturated heterocycles. The van der Waals surface area contributed by atoms with Gasteiger partial charge in [-0.15, -0.1) is 0 Å². The number of Topliss-reactive ketones (excluding diaryl/α,β-unsaturated/α-hetero) is 1. The van der Waals surface area contributed by atoms with Gasteiger partial charge in [0.2, 0.25) is 5.78 Å². The van der Waals surface area contributed by atoms with Crippen LogP contribution >= 0.6 is 0 Å². The van der Waals surface area contributed by atoms with Gasteiger partial charge in [0.1, 0.15) is 5.75 Å². The molecule has 0 amide bonds. The third kappa shape index (κ3) is 2.54. The fourth-order valence-electron chi connectivity index (χ4n) is 3.61. The molecule has 4 rings (SSSR count). The predicted octanol–water partition coefficient (Wildman–Crippen LogP) is 1.61. The number of hydrogen-bond donors (Lipinski definition) is 0. The summed E-state index contributed by atoms with van der Waals surface area (Å²) in [5.74, 6) is 0.853. The molecule has 0 spiro atoms. The van der Waals surface area contributed by atoms with Crippen molar-refractivity contribution in [1.29, 1.82) is 0 Å². The van der Waals surface area contributed by atoms with Gasteiger partial charge in [-0.05, 0) is 32.9 Å². The van der Waals surface area contributed by atoms with Crippen molar-refractivity contribution in [2.45, 2.75) is 26.8 Å². The number of methoxy groups -OCH3 is 1. The summed E-state index contributed by atoms with van der Waals surface area (Å²) in [6.07, 6.45) is 1.78. The van der Waals surface area contributed by atoms with Gasteiger partial charge in [-0.25, -0.2) is 9.36 Å². The molecule has 0 N–H and O–H groups in total. The Hall–Kier alpha value is -3.62. The molecule has 150 valence electrons. The number of ketones is 1. The van der Waals surface area contributed by atoms with Crippen molar-refractivity contribution in [2.24, 2.45) is 7.05 Å². The highest BCUT2D eigenvalue weighted by atomic mass is 16.5. The van der Waals surface area contributed by atoms with Crippen molar-refractivity contribution in [1.82, 2.24) is 23.1 Å². The number of rotatable bonds is 4. The quantitative estimate of drug-likeness (QED) is 0.523. The van der Waals surface area contributed by atoms with Gasteiger partial charge in [0, 0.05) is 18.9 Å². The van der Waals surface area contributed by atoms with E-state index in [0.29, 0.717) is 11.5 Å². The van der Waals surface area contributed by atoms with E-state index in [0.717, 1.165) is 15.9 Å². The highest BCUT2D eigenvalue weighted by molar-refractivity contribution is 5.81. The minimum atomic E-state index is -0.867. The van der Waals surface area contributed by atoms with Crippen LogP contribution in [0.4, 0.5) is 0 Å². The molecule has 0 saturated carbocycles. The van der Waals surface area contributed by atoms with Gasteiger partial charge in [0.15, 0.2) is 16.9 Å². The molecule has 0 aliphatic carbocycles. The van der Waals surface area contributed by atoms with Crippen LogP contribution in [0.2, 0.25) is 0 Å². The van der Waals surface area contributed by atoms with E-state index in [2.05, 4.69) is 4.98 Å². The first-order chi connectivity index (χ1) is 13.8. The number of aromatic nitrogens is 5. The maximum atomic E-state index is 13.2. The van der Waals surface area contributed by atoms with E-state index < -0.39 is 17.3 Å². The van der Waals surface area contributed by atoms with Crippen molar-refractivity contribution < 1.29 is 9.53 Å². The van der Waals surface area contributed by atoms with E-state index >= 15 is 0 Å². The van der Waals surface area contributed by atoms with E-state index in [1.807, 2.05) is 35.8 Å². The Kier molecular flexibility index (Phi) is 4.18. The maximum absolute atomic E-state index is 13.2. The second-order valence-corrected chi connectivity index (χ2v) is 7.04. The molecule has 1 unspecified atom stereocenters. The Morgan fingerprint density at radius 1 is 1.21 bits per heavy atom. The first-order valence-electron chi connectivity index (χ1n) is 9.13. The van der Waals surface area contributed by atoms with Gasteiger partial charge >= 0.3 is 5.69 Å². The minimum Gasteiger partial charge on any atom is -0.495 e. The molecule has 29 heavy (non-hydrogen) atoms. The van der Waals surface area contributed by atoms with Gasteiger partial charge < -0.3 is 4.74 Å². The molecular formula is C20H21N5O4. The largest absolute Gasteiger partial charge is 0.495 e. The second-order valence-electron chi connectivity index (χ2n) is 7.04. The van der Waals surface area contributed by atoms with E-state index in [1.54, 1.807) is 31.7 Å². The average Bonchev–Trinajstić information content (AvgIpc) is 3.20. The van der Waals surface area contributed by atoms with Crippen molar-refractivity contribution in [3.8, 4) is 11.4 Å². The van der Waals surface area contributed by atoms with Crippen LogP contribution in [0.1, 0.15) is 25.6 Å². The Labute approximate surface area is 165 Å². The van der Waals surface area contributed by atoms with Crippen molar-refractivity contribution in [3.63, 3.8) is 0 Å². The topological polar surface area (TPSA) is 92.5 Å². The number of nitrogens with zero attached hydrogens (tertiary/aromatic N) is 5. The number of carbonyl (C=O) groups excluding carboxylic acids is 1. The van der Waals surface area contributed by atoms with Crippen LogP contribution < -0.4 is 16.0 Å². The van der Waals surface area contributed by atoms with Gasteiger partial charge in [0.05, 0.1) is 18.8 Å². The smallest absolute Gasteiger partial charge is 0.333 e. The van der Waals surface area contributed by atoms with Crippen LogP contribution in [0, 0.1) is 6.92 Å². The normalized spacial score (nSPS) is 12.6. The third-order valence-corrected chi connectivity index (χ3v) is 5.28. The van der Waals surface area contributed by atoms with Crippen molar-refractivity contribution in [2.75, 3.05) is 7.11 Å². The van der Waals surface area contributed by atoms with Gasteiger partial charge in [0.25, 0.3) is 5.56 Å². The zero-order valence-electron chi connectivity index (χ0n) is 16.8. The van der Waals surface area contributed by atoms with E-state index in [1.165, 1.54) is 11.5 Å². The standard InChI is InChI=1S/C20H21N5O4/c1-11-10-23-16-17(22(4)20(28)25(18(16)27)12(2)13(3)26)21-19(23)24(11)14-8-6-7-9-15(14)29-5/h6-10,12H,1-5H3. The van der Waals surface area contributed by atoms with Gasteiger partial charge in [-0.2, -0.15) is 4.98 Å². The summed E-state index contributed by atoms with van der Waals surface area (Å²) in [5, 5.41) is 0. The number of aryl methyl sites for hydroxylation is 2. The maximum Gasteiger partial charge on any atom is 0.333 e. The highest BCUT2D eigenvalue weighted by Crippen LogP contribution is 2.27. The van der Waals surface area contributed by atoms with Crippen LogP contribution in [0.3, 0.4) is 0 Å². The first-order valence-corrected chi connectivity index (χ1v) is 9.13.